The highest BCUT2D eigenvalue weighted by molar-refractivity contribution is 7.07. The van der Waals surface area contributed by atoms with E-state index in [9.17, 15) is 0 Å². The number of aromatic nitrogens is 2. The van der Waals surface area contributed by atoms with Gasteiger partial charge in [-0.05, 0) is 42.7 Å². The molecular formula is C16H24N4S. The van der Waals surface area contributed by atoms with Crippen molar-refractivity contribution < 1.29 is 0 Å². The lowest BCUT2D eigenvalue weighted by atomic mass is 10.1. The van der Waals surface area contributed by atoms with Crippen LogP contribution in [0.15, 0.2) is 16.8 Å². The minimum Gasteiger partial charge on any atom is -0.370 e. The Kier molecular flexibility index (Phi) is 5.56. The van der Waals surface area contributed by atoms with Crippen molar-refractivity contribution in [2.75, 3.05) is 17.2 Å². The first-order chi connectivity index (χ1) is 10.2. The molecular weight excluding hydrogens is 280 g/mol. The number of hydrogen-bond acceptors (Lipinski definition) is 5. The second kappa shape index (κ2) is 7.41. The van der Waals surface area contributed by atoms with E-state index in [1.54, 1.807) is 11.3 Å². The molecule has 2 aromatic rings. The van der Waals surface area contributed by atoms with Crippen molar-refractivity contribution in [3.05, 3.63) is 33.8 Å². The lowest BCUT2D eigenvalue weighted by molar-refractivity contribution is 0.852. The van der Waals surface area contributed by atoms with Crippen LogP contribution in [0.25, 0.3) is 0 Å². The van der Waals surface area contributed by atoms with E-state index in [4.69, 9.17) is 0 Å². The Morgan fingerprint density at radius 3 is 2.62 bits per heavy atom. The molecule has 4 nitrogen and oxygen atoms in total. The van der Waals surface area contributed by atoms with Gasteiger partial charge in [-0.15, -0.1) is 0 Å². The standard InChI is InChI=1S/C16H24N4S/c1-5-8-17-15-11(3)16(20-14(6-2)19-15)18-12(4)13-7-9-21-10-13/h7,9-10,12H,5-6,8H2,1-4H3,(H2,17,18,19,20). The van der Waals surface area contributed by atoms with E-state index < -0.39 is 0 Å². The molecule has 0 aliphatic rings. The van der Waals surface area contributed by atoms with E-state index in [1.807, 2.05) is 0 Å². The van der Waals surface area contributed by atoms with Crippen molar-refractivity contribution in [3.8, 4) is 0 Å². The van der Waals surface area contributed by atoms with Gasteiger partial charge in [-0.2, -0.15) is 11.3 Å². The number of aryl methyl sites for hydroxylation is 1. The summed E-state index contributed by atoms with van der Waals surface area (Å²) in [6.07, 6.45) is 1.92. The third-order valence-electron chi connectivity index (χ3n) is 3.45. The maximum absolute atomic E-state index is 4.65. The summed E-state index contributed by atoms with van der Waals surface area (Å²) in [5, 5.41) is 11.2. The Hall–Kier alpha value is -1.62. The van der Waals surface area contributed by atoms with E-state index in [0.29, 0.717) is 0 Å². The van der Waals surface area contributed by atoms with Crippen molar-refractivity contribution in [1.82, 2.24) is 9.97 Å². The summed E-state index contributed by atoms with van der Waals surface area (Å²) in [5.74, 6) is 2.75. The van der Waals surface area contributed by atoms with Gasteiger partial charge in [-0.1, -0.05) is 13.8 Å². The van der Waals surface area contributed by atoms with Crippen LogP contribution in [0.2, 0.25) is 0 Å². The van der Waals surface area contributed by atoms with Gasteiger partial charge in [0.25, 0.3) is 0 Å². The molecule has 2 aromatic heterocycles. The Morgan fingerprint density at radius 1 is 1.24 bits per heavy atom. The molecule has 114 valence electrons. The number of rotatable bonds is 7. The minimum absolute atomic E-state index is 0.244. The first kappa shape index (κ1) is 15.8. The third-order valence-corrected chi connectivity index (χ3v) is 4.15. The van der Waals surface area contributed by atoms with E-state index >= 15 is 0 Å². The van der Waals surface area contributed by atoms with Gasteiger partial charge in [-0.25, -0.2) is 9.97 Å². The molecule has 21 heavy (non-hydrogen) atoms. The van der Waals surface area contributed by atoms with Crippen LogP contribution in [0.1, 0.15) is 50.2 Å². The molecule has 0 aliphatic carbocycles. The molecule has 0 bridgehead atoms. The van der Waals surface area contributed by atoms with Crippen LogP contribution in [0.4, 0.5) is 11.6 Å². The van der Waals surface area contributed by atoms with Crippen LogP contribution < -0.4 is 10.6 Å². The highest BCUT2D eigenvalue weighted by atomic mass is 32.1. The molecule has 1 atom stereocenters. The van der Waals surface area contributed by atoms with Crippen LogP contribution >= 0.6 is 11.3 Å². The molecule has 0 radical (unpaired) electrons. The first-order valence-electron chi connectivity index (χ1n) is 7.55. The molecule has 0 fully saturated rings. The molecule has 0 saturated heterocycles. The summed E-state index contributed by atoms with van der Waals surface area (Å²) in [6, 6.07) is 2.39. The lowest BCUT2D eigenvalue weighted by Gasteiger charge is -2.18. The molecule has 1 unspecified atom stereocenters. The second-order valence-corrected chi connectivity index (χ2v) is 5.95. The van der Waals surface area contributed by atoms with Gasteiger partial charge in [0.15, 0.2) is 0 Å². The largest absolute Gasteiger partial charge is 0.370 e. The first-order valence-corrected chi connectivity index (χ1v) is 8.50. The smallest absolute Gasteiger partial charge is 0.135 e. The molecule has 0 spiro atoms. The zero-order valence-corrected chi connectivity index (χ0v) is 14.0. The van der Waals surface area contributed by atoms with Crippen LogP contribution in [0, 0.1) is 6.92 Å². The van der Waals surface area contributed by atoms with Gasteiger partial charge in [0.1, 0.15) is 17.5 Å². The van der Waals surface area contributed by atoms with E-state index in [-0.39, 0.29) is 6.04 Å². The Labute approximate surface area is 131 Å². The predicted molar refractivity (Wildman–Crippen MR) is 91.3 cm³/mol. The van der Waals surface area contributed by atoms with E-state index in [0.717, 1.165) is 42.4 Å². The number of thiophene rings is 1. The van der Waals surface area contributed by atoms with Crippen molar-refractivity contribution in [3.63, 3.8) is 0 Å². The summed E-state index contributed by atoms with van der Waals surface area (Å²) < 4.78 is 0. The van der Waals surface area contributed by atoms with Gasteiger partial charge in [-0.3, -0.25) is 0 Å². The van der Waals surface area contributed by atoms with Gasteiger partial charge in [0.2, 0.25) is 0 Å². The maximum Gasteiger partial charge on any atom is 0.135 e. The molecule has 2 N–H and O–H groups in total. The number of nitrogens with zero attached hydrogens (tertiary/aromatic N) is 2. The SMILES string of the molecule is CCCNc1nc(CC)nc(NC(C)c2ccsc2)c1C. The van der Waals surface area contributed by atoms with Gasteiger partial charge >= 0.3 is 0 Å². The molecule has 0 amide bonds. The summed E-state index contributed by atoms with van der Waals surface area (Å²) in [6.45, 7) is 9.40. The molecule has 0 saturated carbocycles. The van der Waals surface area contributed by atoms with Crippen molar-refractivity contribution in [2.45, 2.75) is 46.6 Å². The van der Waals surface area contributed by atoms with Crippen molar-refractivity contribution in [2.24, 2.45) is 0 Å². The highest BCUT2D eigenvalue weighted by Gasteiger charge is 2.13. The molecule has 2 rings (SSSR count). The van der Waals surface area contributed by atoms with E-state index in [2.05, 4.69) is 65.1 Å². The fourth-order valence-electron chi connectivity index (χ4n) is 2.09. The van der Waals surface area contributed by atoms with Gasteiger partial charge in [0.05, 0.1) is 6.04 Å². The maximum atomic E-state index is 4.65. The molecule has 0 aromatic carbocycles. The fourth-order valence-corrected chi connectivity index (χ4v) is 2.84. The third kappa shape index (κ3) is 3.94. The zero-order valence-electron chi connectivity index (χ0n) is 13.2. The summed E-state index contributed by atoms with van der Waals surface area (Å²) >= 11 is 1.72. The topological polar surface area (TPSA) is 49.8 Å². The molecule has 0 aliphatic heterocycles. The van der Waals surface area contributed by atoms with E-state index in [1.165, 1.54) is 5.56 Å². The number of nitrogens with one attached hydrogen (secondary N) is 2. The summed E-state index contributed by atoms with van der Waals surface area (Å²) in [4.78, 5) is 9.25. The number of hydrogen-bond donors (Lipinski definition) is 2. The highest BCUT2D eigenvalue weighted by Crippen LogP contribution is 2.25. The van der Waals surface area contributed by atoms with Crippen LogP contribution in [0.5, 0.6) is 0 Å². The lowest BCUT2D eigenvalue weighted by Crippen LogP contribution is -2.13. The van der Waals surface area contributed by atoms with Crippen LogP contribution in [0.3, 0.4) is 0 Å². The zero-order chi connectivity index (χ0) is 15.2. The fraction of sp³-hybridized carbons (Fsp3) is 0.500. The summed E-state index contributed by atoms with van der Waals surface area (Å²) in [5.41, 5.74) is 2.38. The Balaban J connectivity index is 2.24. The van der Waals surface area contributed by atoms with Crippen molar-refractivity contribution >= 4 is 23.0 Å². The Morgan fingerprint density at radius 2 is 2.00 bits per heavy atom. The monoisotopic (exact) mass is 304 g/mol. The number of anilines is 2. The van der Waals surface area contributed by atoms with Gasteiger partial charge in [0, 0.05) is 18.5 Å². The Bertz CT molecular complexity index is 566. The molecule has 5 heteroatoms. The van der Waals surface area contributed by atoms with Crippen LogP contribution in [-0.4, -0.2) is 16.5 Å². The summed E-state index contributed by atoms with van der Waals surface area (Å²) in [7, 11) is 0. The predicted octanol–water partition coefficient (Wildman–Crippen LogP) is 4.40. The second-order valence-electron chi connectivity index (χ2n) is 5.17. The quantitative estimate of drug-likeness (QED) is 0.796. The average molecular weight is 304 g/mol. The normalized spacial score (nSPS) is 12.2. The van der Waals surface area contributed by atoms with Gasteiger partial charge < -0.3 is 10.6 Å². The molecule has 2 heterocycles. The minimum atomic E-state index is 0.244. The van der Waals surface area contributed by atoms with Crippen LogP contribution in [-0.2, 0) is 6.42 Å². The van der Waals surface area contributed by atoms with Crippen molar-refractivity contribution in [1.29, 1.82) is 0 Å². The average Bonchev–Trinajstić information content (AvgIpc) is 3.02.